The molecule has 0 unspecified atom stereocenters. The molecule has 0 atom stereocenters. The number of rotatable bonds is 10. The smallest absolute Gasteiger partial charge is 0.303 e. The fraction of sp³-hybridized carbons (Fsp3) is 0.185. The van der Waals surface area contributed by atoms with Gasteiger partial charge < -0.3 is 19.0 Å². The zero-order chi connectivity index (χ0) is 23.0. The zero-order valence-electron chi connectivity index (χ0n) is 18.4. The molecule has 4 aromatic rings. The van der Waals surface area contributed by atoms with Crippen LogP contribution in [0.25, 0.3) is 11.5 Å². The van der Waals surface area contributed by atoms with Crippen LogP contribution in [0.15, 0.2) is 83.3 Å². The highest BCUT2D eigenvalue weighted by molar-refractivity contribution is 5.67. The maximum absolute atomic E-state index is 10.7. The molecular weight excluding hydrogens is 418 g/mol. The Morgan fingerprint density at radius 1 is 0.879 bits per heavy atom. The summed E-state index contributed by atoms with van der Waals surface area (Å²) < 4.78 is 17.5. The maximum Gasteiger partial charge on any atom is 0.303 e. The van der Waals surface area contributed by atoms with E-state index in [0.29, 0.717) is 31.3 Å². The summed E-state index contributed by atoms with van der Waals surface area (Å²) in [6.07, 6.45) is 0.586. The van der Waals surface area contributed by atoms with E-state index in [9.17, 15) is 4.79 Å². The van der Waals surface area contributed by atoms with Gasteiger partial charge in [-0.15, -0.1) is 0 Å². The van der Waals surface area contributed by atoms with Crippen LogP contribution in [0, 0.1) is 6.92 Å². The normalized spacial score (nSPS) is 10.7. The van der Waals surface area contributed by atoms with Crippen molar-refractivity contribution in [3.05, 3.63) is 101 Å². The number of nitrogens with zero attached hydrogens (tertiary/aromatic N) is 1. The highest BCUT2D eigenvalue weighted by Gasteiger charge is 2.12. The number of oxazole rings is 1. The molecule has 0 aliphatic carbocycles. The average molecular weight is 443 g/mol. The summed E-state index contributed by atoms with van der Waals surface area (Å²) in [6, 6.07) is 25.0. The summed E-state index contributed by atoms with van der Waals surface area (Å²) in [7, 11) is 0. The Morgan fingerprint density at radius 3 is 2.39 bits per heavy atom. The Kier molecular flexibility index (Phi) is 7.05. The van der Waals surface area contributed by atoms with E-state index in [0.717, 1.165) is 33.9 Å². The number of benzene rings is 3. The number of aromatic nitrogens is 1. The van der Waals surface area contributed by atoms with E-state index in [4.69, 9.17) is 19.0 Å². The van der Waals surface area contributed by atoms with Gasteiger partial charge in [-0.2, -0.15) is 0 Å². The summed E-state index contributed by atoms with van der Waals surface area (Å²) in [5.41, 5.74) is 3.65. The van der Waals surface area contributed by atoms with Crippen LogP contribution in [0.1, 0.15) is 29.0 Å². The molecule has 0 radical (unpaired) electrons. The van der Waals surface area contributed by atoms with Crippen molar-refractivity contribution >= 4 is 5.97 Å². The second-order valence-corrected chi connectivity index (χ2v) is 7.65. The predicted octanol–water partition coefficient (Wildman–Crippen LogP) is 5.83. The number of carboxylic acids is 1. The van der Waals surface area contributed by atoms with Gasteiger partial charge in [0.25, 0.3) is 0 Å². The van der Waals surface area contributed by atoms with E-state index in [2.05, 4.69) is 4.98 Å². The van der Waals surface area contributed by atoms with E-state index in [-0.39, 0.29) is 6.42 Å². The van der Waals surface area contributed by atoms with E-state index >= 15 is 0 Å². The van der Waals surface area contributed by atoms with Crippen molar-refractivity contribution in [1.82, 2.24) is 4.98 Å². The van der Waals surface area contributed by atoms with Crippen molar-refractivity contribution in [2.24, 2.45) is 0 Å². The van der Waals surface area contributed by atoms with Crippen LogP contribution in [0.3, 0.4) is 0 Å². The SMILES string of the molecule is Cc1oc(-c2ccccc2)nc1COc1ccc(COc2cccc(CCC(=O)O)c2)cc1. The summed E-state index contributed by atoms with van der Waals surface area (Å²) in [4.78, 5) is 15.3. The van der Waals surface area contributed by atoms with Crippen molar-refractivity contribution in [2.45, 2.75) is 33.0 Å². The maximum atomic E-state index is 10.7. The van der Waals surface area contributed by atoms with E-state index in [1.54, 1.807) is 0 Å². The van der Waals surface area contributed by atoms with Gasteiger partial charge in [-0.3, -0.25) is 4.79 Å². The van der Waals surface area contributed by atoms with Gasteiger partial charge in [-0.25, -0.2) is 4.98 Å². The molecule has 0 saturated heterocycles. The fourth-order valence-corrected chi connectivity index (χ4v) is 3.31. The molecule has 0 aliphatic rings. The molecule has 0 fully saturated rings. The lowest BCUT2D eigenvalue weighted by Gasteiger charge is -2.09. The Hall–Kier alpha value is -4.06. The van der Waals surface area contributed by atoms with Gasteiger partial charge in [0.05, 0.1) is 0 Å². The first kappa shape index (κ1) is 22.1. The Labute approximate surface area is 192 Å². The summed E-state index contributed by atoms with van der Waals surface area (Å²) in [6.45, 7) is 2.61. The quantitative estimate of drug-likeness (QED) is 0.332. The van der Waals surface area contributed by atoms with Crippen molar-refractivity contribution in [1.29, 1.82) is 0 Å². The number of carboxylic acid groups (broad SMARTS) is 1. The Bertz CT molecular complexity index is 1200. The molecule has 6 heteroatoms. The molecule has 0 spiro atoms. The number of hydrogen-bond acceptors (Lipinski definition) is 5. The van der Waals surface area contributed by atoms with Gasteiger partial charge in [0.1, 0.15) is 36.2 Å². The number of hydrogen-bond donors (Lipinski definition) is 1. The minimum atomic E-state index is -0.807. The largest absolute Gasteiger partial charge is 0.489 e. The van der Waals surface area contributed by atoms with Crippen molar-refractivity contribution in [3.63, 3.8) is 0 Å². The molecule has 3 aromatic carbocycles. The summed E-state index contributed by atoms with van der Waals surface area (Å²) >= 11 is 0. The topological polar surface area (TPSA) is 81.8 Å². The van der Waals surface area contributed by atoms with Crippen LogP contribution in [-0.2, 0) is 24.4 Å². The molecule has 4 rings (SSSR count). The van der Waals surface area contributed by atoms with Crippen LogP contribution in [0.4, 0.5) is 0 Å². The average Bonchev–Trinajstić information content (AvgIpc) is 3.22. The van der Waals surface area contributed by atoms with Gasteiger partial charge in [-0.05, 0) is 60.9 Å². The van der Waals surface area contributed by atoms with Crippen LogP contribution >= 0.6 is 0 Å². The van der Waals surface area contributed by atoms with E-state index < -0.39 is 5.97 Å². The third kappa shape index (κ3) is 6.23. The highest BCUT2D eigenvalue weighted by Crippen LogP contribution is 2.23. The van der Waals surface area contributed by atoms with Gasteiger partial charge >= 0.3 is 5.97 Å². The first-order valence-electron chi connectivity index (χ1n) is 10.7. The monoisotopic (exact) mass is 443 g/mol. The predicted molar refractivity (Wildman–Crippen MR) is 124 cm³/mol. The van der Waals surface area contributed by atoms with Crippen LogP contribution in [0.5, 0.6) is 11.5 Å². The lowest BCUT2D eigenvalue weighted by atomic mass is 10.1. The second kappa shape index (κ2) is 10.5. The molecule has 0 aliphatic heterocycles. The second-order valence-electron chi connectivity index (χ2n) is 7.65. The van der Waals surface area contributed by atoms with Gasteiger partial charge in [0, 0.05) is 12.0 Å². The van der Waals surface area contributed by atoms with Gasteiger partial charge in [-0.1, -0.05) is 42.5 Å². The van der Waals surface area contributed by atoms with Gasteiger partial charge in [0.15, 0.2) is 0 Å². The van der Waals surface area contributed by atoms with Gasteiger partial charge in [0.2, 0.25) is 5.89 Å². The summed E-state index contributed by atoms with van der Waals surface area (Å²) in [5, 5.41) is 8.83. The van der Waals surface area contributed by atoms with Crippen LogP contribution in [0.2, 0.25) is 0 Å². The van der Waals surface area contributed by atoms with Crippen molar-refractivity contribution in [2.75, 3.05) is 0 Å². The molecular formula is C27H25NO5. The first-order valence-corrected chi connectivity index (χ1v) is 10.7. The number of aliphatic carboxylic acids is 1. The van der Waals surface area contributed by atoms with Crippen LogP contribution in [-0.4, -0.2) is 16.1 Å². The molecule has 1 heterocycles. The Morgan fingerprint density at radius 2 is 1.64 bits per heavy atom. The third-order valence-corrected chi connectivity index (χ3v) is 5.14. The molecule has 6 nitrogen and oxygen atoms in total. The lowest BCUT2D eigenvalue weighted by Crippen LogP contribution is -2.00. The zero-order valence-corrected chi connectivity index (χ0v) is 18.4. The van der Waals surface area contributed by atoms with E-state index in [1.165, 1.54) is 0 Å². The van der Waals surface area contributed by atoms with E-state index in [1.807, 2.05) is 85.8 Å². The van der Waals surface area contributed by atoms with Crippen molar-refractivity contribution < 1.29 is 23.8 Å². The molecule has 33 heavy (non-hydrogen) atoms. The molecule has 0 saturated carbocycles. The summed E-state index contributed by atoms with van der Waals surface area (Å²) in [5.74, 6) is 1.97. The Balaban J connectivity index is 1.30. The fourth-order valence-electron chi connectivity index (χ4n) is 3.31. The first-order chi connectivity index (χ1) is 16.1. The number of ether oxygens (including phenoxy) is 2. The molecule has 0 amide bonds. The third-order valence-electron chi connectivity index (χ3n) is 5.14. The molecule has 0 bridgehead atoms. The standard InChI is InChI=1S/C27H25NO5/c1-19-25(28-27(33-19)22-7-3-2-4-8-22)18-32-23-13-10-21(11-14-23)17-31-24-9-5-6-20(16-24)12-15-26(29)30/h2-11,13-14,16H,12,15,17-18H2,1H3,(H,29,30). The molecule has 168 valence electrons. The molecule has 1 aromatic heterocycles. The highest BCUT2D eigenvalue weighted by atomic mass is 16.5. The number of aryl methyl sites for hydroxylation is 2. The minimum Gasteiger partial charge on any atom is -0.489 e. The number of carbonyl (C=O) groups is 1. The van der Waals surface area contributed by atoms with Crippen molar-refractivity contribution in [3.8, 4) is 23.0 Å². The minimum absolute atomic E-state index is 0.104. The lowest BCUT2D eigenvalue weighted by molar-refractivity contribution is -0.136. The van der Waals surface area contributed by atoms with Crippen LogP contribution < -0.4 is 9.47 Å². The molecule has 1 N–H and O–H groups in total.